The summed E-state index contributed by atoms with van der Waals surface area (Å²) in [6.45, 7) is 5.73. The molecule has 0 aliphatic heterocycles. The van der Waals surface area contributed by atoms with Crippen molar-refractivity contribution in [3.63, 3.8) is 0 Å². The standard InChI is InChI=1S/C25H27N3O2S/c1-4-7-23(28-31(29,30)24-13-10-17(2)14-18(24)3)22-12-11-19-8-5-6-9-21(19)25(22)20(15-26)16-27/h5-6,8-10,13-14,22-23,28H,4,7,11-12H2,1-3H3/t22-,23-/m0/s1. The van der Waals surface area contributed by atoms with Crippen LogP contribution < -0.4 is 4.72 Å². The molecule has 1 aliphatic rings. The highest BCUT2D eigenvalue weighted by Crippen LogP contribution is 2.40. The number of allylic oxidation sites excluding steroid dienone is 1. The first-order valence-corrected chi connectivity index (χ1v) is 12.0. The Kier molecular flexibility index (Phi) is 6.95. The van der Waals surface area contributed by atoms with Crippen molar-refractivity contribution in [3.05, 3.63) is 70.3 Å². The minimum Gasteiger partial charge on any atom is -0.207 e. The maximum absolute atomic E-state index is 13.3. The van der Waals surface area contributed by atoms with E-state index in [-0.39, 0.29) is 16.4 Å². The third-order valence-corrected chi connectivity index (χ3v) is 7.56. The predicted octanol–water partition coefficient (Wildman–Crippen LogP) is 4.81. The van der Waals surface area contributed by atoms with Crippen molar-refractivity contribution in [1.29, 1.82) is 10.5 Å². The van der Waals surface area contributed by atoms with E-state index in [9.17, 15) is 18.9 Å². The van der Waals surface area contributed by atoms with Crippen LogP contribution in [-0.2, 0) is 16.4 Å². The zero-order valence-corrected chi connectivity index (χ0v) is 19.0. The molecule has 2 atom stereocenters. The molecule has 3 rings (SSSR count). The van der Waals surface area contributed by atoms with Gasteiger partial charge in [-0.15, -0.1) is 0 Å². The van der Waals surface area contributed by atoms with E-state index in [4.69, 9.17) is 0 Å². The molecule has 160 valence electrons. The Morgan fingerprint density at radius 1 is 1.16 bits per heavy atom. The number of nitrogens with zero attached hydrogens (tertiary/aromatic N) is 2. The number of benzene rings is 2. The van der Waals surface area contributed by atoms with Gasteiger partial charge in [-0.25, -0.2) is 13.1 Å². The second-order valence-corrected chi connectivity index (χ2v) is 9.78. The van der Waals surface area contributed by atoms with Crippen LogP contribution in [0.25, 0.3) is 5.57 Å². The van der Waals surface area contributed by atoms with Crippen molar-refractivity contribution in [3.8, 4) is 12.1 Å². The third-order valence-electron chi connectivity index (χ3n) is 5.91. The van der Waals surface area contributed by atoms with Gasteiger partial charge < -0.3 is 0 Å². The Hall–Kier alpha value is -2.93. The molecule has 31 heavy (non-hydrogen) atoms. The SMILES string of the molecule is CCC[C@H](NS(=O)(=O)c1ccc(C)cc1C)[C@@H]1CCc2ccccc2C1=C(C#N)C#N. The first kappa shape index (κ1) is 22.7. The van der Waals surface area contributed by atoms with Gasteiger partial charge in [0.1, 0.15) is 17.7 Å². The van der Waals surface area contributed by atoms with Gasteiger partial charge in [0.25, 0.3) is 0 Å². The normalized spacial score (nSPS) is 16.7. The Balaban J connectivity index is 2.07. The number of nitrogens with one attached hydrogen (secondary N) is 1. The summed E-state index contributed by atoms with van der Waals surface area (Å²) >= 11 is 0. The lowest BCUT2D eigenvalue weighted by Crippen LogP contribution is -2.42. The van der Waals surface area contributed by atoms with Crippen molar-refractivity contribution >= 4 is 15.6 Å². The Labute approximate surface area is 185 Å². The van der Waals surface area contributed by atoms with Crippen LogP contribution in [-0.4, -0.2) is 14.5 Å². The van der Waals surface area contributed by atoms with Crippen LogP contribution in [0, 0.1) is 42.4 Å². The first-order valence-electron chi connectivity index (χ1n) is 10.5. The topological polar surface area (TPSA) is 93.8 Å². The van der Waals surface area contributed by atoms with E-state index in [1.54, 1.807) is 19.1 Å². The number of rotatable bonds is 6. The Morgan fingerprint density at radius 3 is 2.52 bits per heavy atom. The first-order chi connectivity index (χ1) is 14.8. The number of fused-ring (bicyclic) bond motifs is 1. The van der Waals surface area contributed by atoms with Gasteiger partial charge in [0.2, 0.25) is 10.0 Å². The Morgan fingerprint density at radius 2 is 1.87 bits per heavy atom. The maximum Gasteiger partial charge on any atom is 0.241 e. The van der Waals surface area contributed by atoms with Crippen molar-refractivity contribution in [1.82, 2.24) is 4.72 Å². The molecular formula is C25H27N3O2S. The highest BCUT2D eigenvalue weighted by Gasteiger charge is 2.35. The lowest BCUT2D eigenvalue weighted by molar-refractivity contribution is 0.411. The molecule has 0 bridgehead atoms. The molecule has 6 heteroatoms. The second-order valence-electron chi connectivity index (χ2n) is 8.10. The van der Waals surface area contributed by atoms with Crippen LogP contribution in [0.2, 0.25) is 0 Å². The summed E-state index contributed by atoms with van der Waals surface area (Å²) in [5.41, 5.74) is 4.39. The molecular weight excluding hydrogens is 406 g/mol. The van der Waals surface area contributed by atoms with Crippen LogP contribution in [0.3, 0.4) is 0 Å². The summed E-state index contributed by atoms with van der Waals surface area (Å²) in [6, 6.07) is 16.7. The Bertz CT molecular complexity index is 1180. The van der Waals surface area contributed by atoms with Crippen LogP contribution in [0.15, 0.2) is 52.9 Å². The molecule has 0 radical (unpaired) electrons. The smallest absolute Gasteiger partial charge is 0.207 e. The third kappa shape index (κ3) is 4.71. The number of sulfonamides is 1. The molecule has 0 aromatic heterocycles. The van der Waals surface area contributed by atoms with Gasteiger partial charge in [0.05, 0.1) is 4.90 Å². The average molecular weight is 434 g/mol. The highest BCUT2D eigenvalue weighted by atomic mass is 32.2. The fourth-order valence-electron chi connectivity index (χ4n) is 4.54. The molecule has 1 aliphatic carbocycles. The van der Waals surface area contributed by atoms with Crippen molar-refractivity contribution in [2.24, 2.45) is 5.92 Å². The van der Waals surface area contributed by atoms with Crippen LogP contribution in [0.5, 0.6) is 0 Å². The van der Waals surface area contributed by atoms with Gasteiger partial charge in [-0.1, -0.05) is 55.3 Å². The van der Waals surface area contributed by atoms with Gasteiger partial charge in [0.15, 0.2) is 0 Å². The molecule has 1 N–H and O–H groups in total. The molecule has 0 heterocycles. The lowest BCUT2D eigenvalue weighted by Gasteiger charge is -2.34. The van der Waals surface area contributed by atoms with Gasteiger partial charge in [-0.2, -0.15) is 10.5 Å². The van der Waals surface area contributed by atoms with E-state index in [0.717, 1.165) is 29.5 Å². The molecule has 0 saturated heterocycles. The van der Waals surface area contributed by atoms with Gasteiger partial charge >= 0.3 is 0 Å². The van der Waals surface area contributed by atoms with Gasteiger partial charge in [0, 0.05) is 12.0 Å². The monoisotopic (exact) mass is 433 g/mol. The fourth-order valence-corrected chi connectivity index (χ4v) is 6.08. The minimum absolute atomic E-state index is 0.0592. The average Bonchev–Trinajstić information content (AvgIpc) is 2.74. The lowest BCUT2D eigenvalue weighted by atomic mass is 9.73. The number of hydrogen-bond donors (Lipinski definition) is 1. The minimum atomic E-state index is -3.76. The zero-order valence-electron chi connectivity index (χ0n) is 18.1. The second kappa shape index (κ2) is 9.47. The molecule has 2 aromatic rings. The molecule has 0 unspecified atom stereocenters. The zero-order chi connectivity index (χ0) is 22.6. The molecule has 0 saturated carbocycles. The van der Waals surface area contributed by atoms with Crippen molar-refractivity contribution < 1.29 is 8.42 Å². The number of nitriles is 2. The van der Waals surface area contributed by atoms with E-state index in [1.807, 2.05) is 56.3 Å². The van der Waals surface area contributed by atoms with E-state index in [2.05, 4.69) is 4.72 Å². The number of aryl methyl sites for hydroxylation is 3. The molecule has 0 spiro atoms. The summed E-state index contributed by atoms with van der Waals surface area (Å²) in [4.78, 5) is 0.265. The summed E-state index contributed by atoms with van der Waals surface area (Å²) in [5.74, 6) is -0.246. The van der Waals surface area contributed by atoms with Crippen molar-refractivity contribution in [2.45, 2.75) is 57.4 Å². The van der Waals surface area contributed by atoms with Gasteiger partial charge in [-0.3, -0.25) is 0 Å². The quantitative estimate of drug-likeness (QED) is 0.661. The van der Waals surface area contributed by atoms with E-state index in [1.165, 1.54) is 0 Å². The molecule has 0 fully saturated rings. The van der Waals surface area contributed by atoms with E-state index >= 15 is 0 Å². The predicted molar refractivity (Wildman–Crippen MR) is 121 cm³/mol. The highest BCUT2D eigenvalue weighted by molar-refractivity contribution is 7.89. The molecule has 2 aromatic carbocycles. The van der Waals surface area contributed by atoms with Crippen LogP contribution in [0.4, 0.5) is 0 Å². The van der Waals surface area contributed by atoms with E-state index < -0.39 is 16.1 Å². The molecule has 5 nitrogen and oxygen atoms in total. The maximum atomic E-state index is 13.3. The van der Waals surface area contributed by atoms with Crippen LogP contribution >= 0.6 is 0 Å². The summed E-state index contributed by atoms with van der Waals surface area (Å²) in [7, 11) is -3.76. The van der Waals surface area contributed by atoms with E-state index in [0.29, 0.717) is 24.0 Å². The summed E-state index contributed by atoms with van der Waals surface area (Å²) in [5, 5.41) is 19.3. The fraction of sp³-hybridized carbons (Fsp3) is 0.360. The number of hydrogen-bond acceptors (Lipinski definition) is 4. The molecule has 0 amide bonds. The van der Waals surface area contributed by atoms with Crippen LogP contribution in [0.1, 0.15) is 48.4 Å². The van der Waals surface area contributed by atoms with Gasteiger partial charge in [-0.05, 0) is 61.4 Å². The largest absolute Gasteiger partial charge is 0.241 e. The summed E-state index contributed by atoms with van der Waals surface area (Å²) in [6.07, 6.45) is 2.85. The summed E-state index contributed by atoms with van der Waals surface area (Å²) < 4.78 is 29.5. The van der Waals surface area contributed by atoms with Crippen molar-refractivity contribution in [2.75, 3.05) is 0 Å².